The van der Waals surface area contributed by atoms with Gasteiger partial charge in [-0.05, 0) is 36.4 Å². The first kappa shape index (κ1) is 17.7. The molecule has 26 heavy (non-hydrogen) atoms. The first-order valence-electron chi connectivity index (χ1n) is 7.59. The predicted octanol–water partition coefficient (Wildman–Crippen LogP) is 3.32. The van der Waals surface area contributed by atoms with E-state index in [2.05, 4.69) is 36.7 Å². The lowest BCUT2D eigenvalue weighted by molar-refractivity contribution is 0.0950. The number of hydrazone groups is 1. The Morgan fingerprint density at radius 3 is 2.92 bits per heavy atom. The molecule has 0 atom stereocenters. The highest BCUT2D eigenvalue weighted by atomic mass is 79.9. The Kier molecular flexibility index (Phi) is 5.33. The van der Waals surface area contributed by atoms with E-state index in [1.807, 2.05) is 24.3 Å². The predicted molar refractivity (Wildman–Crippen MR) is 101 cm³/mol. The van der Waals surface area contributed by atoms with Gasteiger partial charge in [-0.2, -0.15) is 10.2 Å². The fourth-order valence-corrected chi connectivity index (χ4v) is 2.66. The van der Waals surface area contributed by atoms with Crippen molar-refractivity contribution in [2.45, 2.75) is 0 Å². The van der Waals surface area contributed by atoms with Gasteiger partial charge in [-0.3, -0.25) is 9.89 Å². The van der Waals surface area contributed by atoms with Crippen LogP contribution in [0, 0.1) is 0 Å². The number of aromatic amines is 1. The molecule has 132 valence electrons. The second kappa shape index (κ2) is 7.83. The normalized spacial score (nSPS) is 10.8. The molecular formula is C18H15BrN4O3. The van der Waals surface area contributed by atoms with Crippen molar-refractivity contribution in [3.63, 3.8) is 0 Å². The van der Waals surface area contributed by atoms with E-state index in [-0.39, 0.29) is 11.4 Å². The smallest absolute Gasteiger partial charge is 0.289 e. The van der Waals surface area contributed by atoms with Crippen LogP contribution in [0.1, 0.15) is 16.1 Å². The molecule has 0 saturated heterocycles. The Bertz CT molecular complexity index is 969. The highest BCUT2D eigenvalue weighted by molar-refractivity contribution is 9.10. The minimum atomic E-state index is -0.454. The molecule has 1 heterocycles. The van der Waals surface area contributed by atoms with E-state index in [1.165, 1.54) is 12.3 Å². The number of phenolic OH excluding ortho intramolecular Hbond substituents is 1. The molecule has 7 nitrogen and oxygen atoms in total. The number of rotatable bonds is 5. The first-order valence-corrected chi connectivity index (χ1v) is 8.38. The van der Waals surface area contributed by atoms with Crippen LogP contribution in [0.4, 0.5) is 0 Å². The molecule has 0 spiro atoms. The summed E-state index contributed by atoms with van der Waals surface area (Å²) in [5.41, 5.74) is 4.47. The van der Waals surface area contributed by atoms with E-state index in [9.17, 15) is 9.90 Å². The molecule has 0 aliphatic carbocycles. The third-order valence-electron chi connectivity index (χ3n) is 3.56. The van der Waals surface area contributed by atoms with E-state index in [0.29, 0.717) is 17.0 Å². The molecule has 0 bridgehead atoms. The third-order valence-corrected chi connectivity index (χ3v) is 4.06. The lowest BCUT2D eigenvalue weighted by Gasteiger charge is -2.04. The van der Waals surface area contributed by atoms with Crippen LogP contribution in [-0.4, -0.2) is 34.5 Å². The number of aromatic hydroxyl groups is 1. The maximum Gasteiger partial charge on any atom is 0.289 e. The number of H-pyrrole nitrogens is 1. The molecule has 3 rings (SSSR count). The number of nitrogens with one attached hydrogen (secondary N) is 2. The molecular weight excluding hydrogens is 400 g/mol. The summed E-state index contributed by atoms with van der Waals surface area (Å²) >= 11 is 3.31. The van der Waals surface area contributed by atoms with Gasteiger partial charge in [-0.1, -0.05) is 28.1 Å². The third kappa shape index (κ3) is 3.92. The van der Waals surface area contributed by atoms with E-state index < -0.39 is 5.91 Å². The number of hydrogen-bond acceptors (Lipinski definition) is 5. The molecule has 3 N–H and O–H groups in total. The fraction of sp³-hybridized carbons (Fsp3) is 0.0556. The molecule has 8 heteroatoms. The van der Waals surface area contributed by atoms with Crippen LogP contribution in [0.5, 0.6) is 11.5 Å². The minimum absolute atomic E-state index is 0.0613. The van der Waals surface area contributed by atoms with Gasteiger partial charge in [0.15, 0.2) is 0 Å². The Hall–Kier alpha value is -3.13. The number of methoxy groups -OCH3 is 1. The van der Waals surface area contributed by atoms with Gasteiger partial charge in [0, 0.05) is 15.6 Å². The molecule has 0 radical (unpaired) electrons. The number of benzene rings is 2. The summed E-state index contributed by atoms with van der Waals surface area (Å²) in [5, 5.41) is 20.4. The van der Waals surface area contributed by atoms with Crippen molar-refractivity contribution in [2.24, 2.45) is 5.10 Å². The number of hydrogen-bond donors (Lipinski definition) is 3. The van der Waals surface area contributed by atoms with E-state index >= 15 is 0 Å². The zero-order valence-corrected chi connectivity index (χ0v) is 15.3. The monoisotopic (exact) mass is 414 g/mol. The number of nitrogens with zero attached hydrogens (tertiary/aromatic N) is 2. The van der Waals surface area contributed by atoms with Gasteiger partial charge in [0.05, 0.1) is 19.0 Å². The second-order valence-corrected chi connectivity index (χ2v) is 6.19. The summed E-state index contributed by atoms with van der Waals surface area (Å²) in [4.78, 5) is 12.2. The maximum absolute atomic E-state index is 12.2. The van der Waals surface area contributed by atoms with Gasteiger partial charge in [0.25, 0.3) is 5.91 Å². The van der Waals surface area contributed by atoms with Crippen molar-refractivity contribution < 1.29 is 14.6 Å². The zero-order chi connectivity index (χ0) is 18.5. The van der Waals surface area contributed by atoms with Gasteiger partial charge in [-0.15, -0.1) is 0 Å². The topological polar surface area (TPSA) is 99.6 Å². The maximum atomic E-state index is 12.2. The van der Waals surface area contributed by atoms with Gasteiger partial charge >= 0.3 is 0 Å². The Labute approximate surface area is 157 Å². The zero-order valence-electron chi connectivity index (χ0n) is 13.7. The minimum Gasteiger partial charge on any atom is -0.507 e. The summed E-state index contributed by atoms with van der Waals surface area (Å²) < 4.78 is 6.09. The number of aromatic nitrogens is 2. The van der Waals surface area contributed by atoms with Gasteiger partial charge in [-0.25, -0.2) is 5.43 Å². The highest BCUT2D eigenvalue weighted by Crippen LogP contribution is 2.28. The summed E-state index contributed by atoms with van der Waals surface area (Å²) in [7, 11) is 1.57. The van der Waals surface area contributed by atoms with Crippen molar-refractivity contribution >= 4 is 28.1 Å². The van der Waals surface area contributed by atoms with Crippen molar-refractivity contribution in [2.75, 3.05) is 7.11 Å². The lowest BCUT2D eigenvalue weighted by Crippen LogP contribution is -2.18. The van der Waals surface area contributed by atoms with Crippen LogP contribution in [-0.2, 0) is 0 Å². The molecule has 0 aliphatic heterocycles. The van der Waals surface area contributed by atoms with Crippen LogP contribution in [0.2, 0.25) is 0 Å². The largest absolute Gasteiger partial charge is 0.507 e. The standard InChI is InChI=1S/C18H15BrN4O3/c1-26-17-5-3-2-4-13(17)14-9-15(22-21-14)18(25)23-20-10-11-8-12(19)6-7-16(11)24/h2-10,24H,1H3,(H,21,22)(H,23,25)/b20-10-. The Morgan fingerprint density at radius 1 is 1.31 bits per heavy atom. The molecule has 1 amide bonds. The van der Waals surface area contributed by atoms with E-state index in [1.54, 1.807) is 25.3 Å². The van der Waals surface area contributed by atoms with Crippen molar-refractivity contribution in [1.82, 2.24) is 15.6 Å². The summed E-state index contributed by atoms with van der Waals surface area (Å²) in [5.74, 6) is 0.268. The molecule has 3 aromatic rings. The molecule has 2 aromatic carbocycles. The number of carbonyl (C=O) groups excluding carboxylic acids is 1. The van der Waals surface area contributed by atoms with Gasteiger partial charge in [0.1, 0.15) is 17.2 Å². The second-order valence-electron chi connectivity index (χ2n) is 5.27. The fourth-order valence-electron chi connectivity index (χ4n) is 2.28. The average molecular weight is 415 g/mol. The van der Waals surface area contributed by atoms with Crippen LogP contribution < -0.4 is 10.2 Å². The van der Waals surface area contributed by atoms with Crippen molar-refractivity contribution in [3.8, 4) is 22.8 Å². The molecule has 0 aliphatic rings. The lowest BCUT2D eigenvalue weighted by atomic mass is 10.1. The average Bonchev–Trinajstić information content (AvgIpc) is 3.14. The Balaban J connectivity index is 1.72. The van der Waals surface area contributed by atoms with Gasteiger partial charge < -0.3 is 9.84 Å². The summed E-state index contributed by atoms with van der Waals surface area (Å²) in [6.07, 6.45) is 1.36. The molecule has 1 aromatic heterocycles. The highest BCUT2D eigenvalue weighted by Gasteiger charge is 2.13. The Morgan fingerprint density at radius 2 is 2.12 bits per heavy atom. The number of halogens is 1. The quantitative estimate of drug-likeness (QED) is 0.440. The van der Waals surface area contributed by atoms with E-state index in [0.717, 1.165) is 10.0 Å². The molecule has 0 saturated carbocycles. The van der Waals surface area contributed by atoms with Crippen molar-refractivity contribution in [1.29, 1.82) is 0 Å². The van der Waals surface area contributed by atoms with Crippen LogP contribution in [0.3, 0.4) is 0 Å². The van der Waals surface area contributed by atoms with Gasteiger partial charge in [0.2, 0.25) is 0 Å². The van der Waals surface area contributed by atoms with Crippen LogP contribution >= 0.6 is 15.9 Å². The van der Waals surface area contributed by atoms with Crippen LogP contribution in [0.15, 0.2) is 58.1 Å². The van der Waals surface area contributed by atoms with E-state index in [4.69, 9.17) is 4.74 Å². The first-order chi connectivity index (χ1) is 12.6. The molecule has 0 unspecified atom stereocenters. The summed E-state index contributed by atoms with van der Waals surface area (Å²) in [6.45, 7) is 0. The number of ether oxygens (including phenoxy) is 1. The SMILES string of the molecule is COc1ccccc1-c1cc(C(=O)N/N=C\c2cc(Br)ccc2O)[nH]n1. The molecule has 0 fully saturated rings. The van der Waals surface area contributed by atoms with Crippen molar-refractivity contribution in [3.05, 3.63) is 64.3 Å². The number of carbonyl (C=O) groups is 1. The number of amides is 1. The number of phenols is 1. The number of para-hydroxylation sites is 1. The summed E-state index contributed by atoms with van der Waals surface area (Å²) in [6, 6.07) is 13.9. The van der Waals surface area contributed by atoms with Crippen LogP contribution in [0.25, 0.3) is 11.3 Å².